The number of halogens is 3. The third kappa shape index (κ3) is 4.97. The Bertz CT molecular complexity index is 887. The maximum absolute atomic E-state index is 12.9. The second kappa shape index (κ2) is 9.13. The number of nitrogens with two attached hydrogens (primary N) is 1. The SMILES string of the molecule is COC(=O)CCc1c(-c2ccc(C(F)(F)F)cc2)c(C(N)=O)c(C)n1CCCO. The van der Waals surface area contributed by atoms with Crippen molar-refractivity contribution in [3.8, 4) is 11.1 Å². The monoisotopic (exact) mass is 412 g/mol. The Labute approximate surface area is 166 Å². The molecular formula is C20H23F3N2O4. The van der Waals surface area contributed by atoms with Crippen molar-refractivity contribution in [3.05, 3.63) is 46.8 Å². The fourth-order valence-electron chi connectivity index (χ4n) is 3.35. The van der Waals surface area contributed by atoms with Gasteiger partial charge in [-0.3, -0.25) is 9.59 Å². The number of methoxy groups -OCH3 is 1. The topological polar surface area (TPSA) is 94.5 Å². The first-order chi connectivity index (χ1) is 13.6. The molecule has 158 valence electrons. The Morgan fingerprint density at radius 3 is 2.31 bits per heavy atom. The molecule has 1 heterocycles. The third-order valence-corrected chi connectivity index (χ3v) is 4.71. The summed E-state index contributed by atoms with van der Waals surface area (Å²) in [6.45, 7) is 1.95. The maximum atomic E-state index is 12.9. The molecule has 1 amide bonds. The number of esters is 1. The standard InChI is InChI=1S/C20H23F3N2O4/c1-12-17(19(24)28)18(13-4-6-14(7-5-13)20(21,22)23)15(8-9-16(27)29-2)25(12)10-3-11-26/h4-7,26H,3,8-11H2,1-2H3,(H2,24,28). The summed E-state index contributed by atoms with van der Waals surface area (Å²) in [7, 11) is 1.25. The number of rotatable bonds is 8. The minimum Gasteiger partial charge on any atom is -0.469 e. The molecule has 29 heavy (non-hydrogen) atoms. The van der Waals surface area contributed by atoms with Crippen molar-refractivity contribution in [2.24, 2.45) is 5.73 Å². The van der Waals surface area contributed by atoms with Gasteiger partial charge in [-0.05, 0) is 37.5 Å². The van der Waals surface area contributed by atoms with E-state index in [1.807, 2.05) is 0 Å². The van der Waals surface area contributed by atoms with E-state index in [0.29, 0.717) is 35.5 Å². The van der Waals surface area contributed by atoms with Crippen molar-refractivity contribution in [2.45, 2.75) is 38.9 Å². The molecule has 0 radical (unpaired) electrons. The molecule has 0 spiro atoms. The normalized spacial score (nSPS) is 11.5. The van der Waals surface area contributed by atoms with Crippen LogP contribution >= 0.6 is 0 Å². The van der Waals surface area contributed by atoms with Gasteiger partial charge in [0.25, 0.3) is 5.91 Å². The molecule has 0 bridgehead atoms. The Morgan fingerprint density at radius 1 is 1.21 bits per heavy atom. The number of carbonyl (C=O) groups is 2. The number of carbonyl (C=O) groups excluding carboxylic acids is 2. The summed E-state index contributed by atoms with van der Waals surface area (Å²) < 4.78 is 45.2. The van der Waals surface area contributed by atoms with Gasteiger partial charge < -0.3 is 20.1 Å². The Hall–Kier alpha value is -2.81. The highest BCUT2D eigenvalue weighted by atomic mass is 19.4. The van der Waals surface area contributed by atoms with Crippen LogP contribution in [0.2, 0.25) is 0 Å². The molecule has 0 aliphatic rings. The number of alkyl halides is 3. The average molecular weight is 412 g/mol. The summed E-state index contributed by atoms with van der Waals surface area (Å²) in [6.07, 6.45) is -3.87. The molecule has 2 rings (SSSR count). The third-order valence-electron chi connectivity index (χ3n) is 4.71. The van der Waals surface area contributed by atoms with E-state index in [1.165, 1.54) is 19.2 Å². The first kappa shape index (κ1) is 22.5. The highest BCUT2D eigenvalue weighted by Crippen LogP contribution is 2.36. The number of aliphatic hydroxyl groups is 1. The van der Waals surface area contributed by atoms with Crippen molar-refractivity contribution in [2.75, 3.05) is 13.7 Å². The van der Waals surface area contributed by atoms with Gasteiger partial charge in [0.15, 0.2) is 0 Å². The first-order valence-electron chi connectivity index (χ1n) is 8.98. The van der Waals surface area contributed by atoms with Crippen molar-refractivity contribution < 1.29 is 32.6 Å². The molecule has 1 aromatic carbocycles. The van der Waals surface area contributed by atoms with E-state index in [-0.39, 0.29) is 25.0 Å². The lowest BCUT2D eigenvalue weighted by atomic mass is 9.97. The van der Waals surface area contributed by atoms with E-state index in [9.17, 15) is 27.9 Å². The molecule has 0 saturated carbocycles. The highest BCUT2D eigenvalue weighted by Gasteiger charge is 2.31. The summed E-state index contributed by atoms with van der Waals surface area (Å²) in [6, 6.07) is 4.43. The molecule has 6 nitrogen and oxygen atoms in total. The number of aliphatic hydroxyl groups excluding tert-OH is 1. The van der Waals surface area contributed by atoms with Crippen LogP contribution in [0.15, 0.2) is 24.3 Å². The van der Waals surface area contributed by atoms with Gasteiger partial charge in [0, 0.05) is 30.1 Å². The quantitative estimate of drug-likeness (QED) is 0.652. The van der Waals surface area contributed by atoms with Crippen LogP contribution in [0.25, 0.3) is 11.1 Å². The van der Waals surface area contributed by atoms with Crippen LogP contribution in [0.5, 0.6) is 0 Å². The smallest absolute Gasteiger partial charge is 0.416 e. The molecular weight excluding hydrogens is 389 g/mol. The van der Waals surface area contributed by atoms with Crippen LogP contribution in [-0.2, 0) is 28.7 Å². The number of nitrogens with zero attached hydrogens (tertiary/aromatic N) is 1. The van der Waals surface area contributed by atoms with Crippen LogP contribution in [0, 0.1) is 6.92 Å². The zero-order valence-corrected chi connectivity index (χ0v) is 16.2. The maximum Gasteiger partial charge on any atom is 0.416 e. The molecule has 9 heteroatoms. The molecule has 0 fully saturated rings. The van der Waals surface area contributed by atoms with Gasteiger partial charge in [0.05, 0.1) is 24.7 Å². The Balaban J connectivity index is 2.66. The molecule has 0 aliphatic heterocycles. The van der Waals surface area contributed by atoms with Crippen LogP contribution in [0.4, 0.5) is 13.2 Å². The number of aromatic nitrogens is 1. The molecule has 0 saturated heterocycles. The van der Waals surface area contributed by atoms with Gasteiger partial charge in [-0.15, -0.1) is 0 Å². The zero-order valence-electron chi connectivity index (χ0n) is 16.2. The number of hydrogen-bond donors (Lipinski definition) is 2. The zero-order chi connectivity index (χ0) is 21.8. The lowest BCUT2D eigenvalue weighted by molar-refractivity contribution is -0.140. The van der Waals surface area contributed by atoms with Gasteiger partial charge in [0.1, 0.15) is 0 Å². The number of benzene rings is 1. The highest BCUT2D eigenvalue weighted by molar-refractivity contribution is 6.02. The number of primary amides is 1. The molecule has 0 aliphatic carbocycles. The Kier molecular flexibility index (Phi) is 7.07. The van der Waals surface area contributed by atoms with E-state index in [1.54, 1.807) is 11.5 Å². The minimum absolute atomic E-state index is 0.0188. The number of ether oxygens (including phenoxy) is 1. The van der Waals surface area contributed by atoms with E-state index in [2.05, 4.69) is 4.74 Å². The minimum atomic E-state index is -4.48. The van der Waals surface area contributed by atoms with Crippen molar-refractivity contribution in [1.29, 1.82) is 0 Å². The summed E-state index contributed by atoms with van der Waals surface area (Å²) in [5.41, 5.74) is 6.83. The molecule has 2 aromatic rings. The second-order valence-electron chi connectivity index (χ2n) is 6.53. The van der Waals surface area contributed by atoms with E-state index < -0.39 is 23.6 Å². The predicted octanol–water partition coefficient (Wildman–Crippen LogP) is 3.07. The van der Waals surface area contributed by atoms with Crippen LogP contribution in [0.3, 0.4) is 0 Å². The fraction of sp³-hybridized carbons (Fsp3) is 0.400. The van der Waals surface area contributed by atoms with Crippen molar-refractivity contribution >= 4 is 11.9 Å². The van der Waals surface area contributed by atoms with Crippen LogP contribution in [-0.4, -0.2) is 35.3 Å². The lowest BCUT2D eigenvalue weighted by Crippen LogP contribution is -2.13. The molecule has 3 N–H and O–H groups in total. The van der Waals surface area contributed by atoms with Gasteiger partial charge in [-0.1, -0.05) is 12.1 Å². The number of amides is 1. The van der Waals surface area contributed by atoms with Crippen LogP contribution < -0.4 is 5.73 Å². The first-order valence-corrected chi connectivity index (χ1v) is 8.98. The Morgan fingerprint density at radius 2 is 1.83 bits per heavy atom. The average Bonchev–Trinajstić information content (AvgIpc) is 2.95. The van der Waals surface area contributed by atoms with E-state index in [0.717, 1.165) is 12.1 Å². The molecule has 0 atom stereocenters. The van der Waals surface area contributed by atoms with Crippen molar-refractivity contribution in [1.82, 2.24) is 4.57 Å². The summed E-state index contributed by atoms with van der Waals surface area (Å²) in [5.74, 6) is -1.18. The van der Waals surface area contributed by atoms with Gasteiger partial charge in [-0.2, -0.15) is 13.2 Å². The molecule has 1 aromatic heterocycles. The second-order valence-corrected chi connectivity index (χ2v) is 6.53. The predicted molar refractivity (Wildman–Crippen MR) is 100 cm³/mol. The van der Waals surface area contributed by atoms with Crippen molar-refractivity contribution in [3.63, 3.8) is 0 Å². The summed E-state index contributed by atoms with van der Waals surface area (Å²) >= 11 is 0. The van der Waals surface area contributed by atoms with E-state index >= 15 is 0 Å². The number of hydrogen-bond acceptors (Lipinski definition) is 4. The summed E-state index contributed by atoms with van der Waals surface area (Å²) in [5, 5.41) is 9.19. The van der Waals surface area contributed by atoms with Gasteiger partial charge >= 0.3 is 12.1 Å². The summed E-state index contributed by atoms with van der Waals surface area (Å²) in [4.78, 5) is 23.8. The molecule has 0 unspecified atom stereocenters. The fourth-order valence-corrected chi connectivity index (χ4v) is 3.35. The largest absolute Gasteiger partial charge is 0.469 e. The van der Waals surface area contributed by atoms with Gasteiger partial charge in [-0.25, -0.2) is 0 Å². The van der Waals surface area contributed by atoms with E-state index in [4.69, 9.17) is 5.73 Å². The van der Waals surface area contributed by atoms with Crippen LogP contribution in [0.1, 0.15) is 40.2 Å². The van der Waals surface area contributed by atoms with Gasteiger partial charge in [0.2, 0.25) is 0 Å². The lowest BCUT2D eigenvalue weighted by Gasteiger charge is -2.13.